The second kappa shape index (κ2) is 5.64. The van der Waals surface area contributed by atoms with E-state index in [2.05, 4.69) is 20.0 Å². The standard InChI is InChI=1S/C12H17N3O4/c1-7-5-8(13-6-12(2,3)11(17)18)15-9(14-7)10(16)19-4/h5H,6H2,1-4H3,(H,17,18)(H,13,14,15). The lowest BCUT2D eigenvalue weighted by Gasteiger charge is -2.20. The molecular weight excluding hydrogens is 250 g/mol. The van der Waals surface area contributed by atoms with Crippen molar-refractivity contribution in [2.45, 2.75) is 20.8 Å². The van der Waals surface area contributed by atoms with Gasteiger partial charge in [-0.15, -0.1) is 0 Å². The number of carboxylic acid groups (broad SMARTS) is 1. The first kappa shape index (κ1) is 14.9. The molecule has 0 aliphatic heterocycles. The molecule has 0 bridgehead atoms. The second-order valence-electron chi connectivity index (χ2n) is 4.75. The summed E-state index contributed by atoms with van der Waals surface area (Å²) in [6.45, 7) is 5.08. The van der Waals surface area contributed by atoms with Crippen LogP contribution in [0.1, 0.15) is 30.2 Å². The molecule has 1 aromatic heterocycles. The van der Waals surface area contributed by atoms with Gasteiger partial charge in [0.05, 0.1) is 12.5 Å². The number of carboxylic acids is 1. The zero-order valence-corrected chi connectivity index (χ0v) is 11.4. The first-order chi connectivity index (χ1) is 8.76. The predicted octanol–water partition coefficient (Wildman–Crippen LogP) is 1.09. The molecule has 0 unspecified atom stereocenters. The third kappa shape index (κ3) is 3.90. The molecule has 0 amide bonds. The highest BCUT2D eigenvalue weighted by Crippen LogP contribution is 2.16. The van der Waals surface area contributed by atoms with Crippen molar-refractivity contribution in [2.75, 3.05) is 19.0 Å². The van der Waals surface area contributed by atoms with Crippen LogP contribution in [0.3, 0.4) is 0 Å². The highest BCUT2D eigenvalue weighted by molar-refractivity contribution is 5.85. The Morgan fingerprint density at radius 3 is 2.58 bits per heavy atom. The highest BCUT2D eigenvalue weighted by atomic mass is 16.5. The number of aryl methyl sites for hydroxylation is 1. The first-order valence-electron chi connectivity index (χ1n) is 5.67. The number of aromatic nitrogens is 2. The minimum absolute atomic E-state index is 0.0573. The van der Waals surface area contributed by atoms with Gasteiger partial charge in [0.25, 0.3) is 0 Å². The van der Waals surface area contributed by atoms with Crippen LogP contribution in [0.5, 0.6) is 0 Å². The van der Waals surface area contributed by atoms with Gasteiger partial charge < -0.3 is 15.2 Å². The minimum atomic E-state index is -0.940. The van der Waals surface area contributed by atoms with Crippen LogP contribution in [-0.4, -0.2) is 40.7 Å². The molecule has 1 rings (SSSR count). The summed E-state index contributed by atoms with van der Waals surface area (Å²) in [7, 11) is 1.24. The lowest BCUT2D eigenvalue weighted by Crippen LogP contribution is -2.32. The van der Waals surface area contributed by atoms with E-state index >= 15 is 0 Å². The smallest absolute Gasteiger partial charge is 0.376 e. The number of carbonyl (C=O) groups excluding carboxylic acids is 1. The Balaban J connectivity index is 2.88. The number of anilines is 1. The summed E-state index contributed by atoms with van der Waals surface area (Å²) in [4.78, 5) is 30.3. The van der Waals surface area contributed by atoms with Crippen molar-refractivity contribution in [1.29, 1.82) is 0 Å². The van der Waals surface area contributed by atoms with Crippen LogP contribution in [-0.2, 0) is 9.53 Å². The Morgan fingerprint density at radius 1 is 1.42 bits per heavy atom. The number of aliphatic carboxylic acids is 1. The van der Waals surface area contributed by atoms with Crippen molar-refractivity contribution < 1.29 is 19.4 Å². The van der Waals surface area contributed by atoms with Gasteiger partial charge in [0.15, 0.2) is 0 Å². The third-order valence-corrected chi connectivity index (χ3v) is 2.51. The molecule has 0 aliphatic carbocycles. The molecule has 0 radical (unpaired) electrons. The van der Waals surface area contributed by atoms with Gasteiger partial charge in [-0.05, 0) is 20.8 Å². The molecule has 0 saturated carbocycles. The van der Waals surface area contributed by atoms with Crippen molar-refractivity contribution in [1.82, 2.24) is 9.97 Å². The Labute approximate surface area is 111 Å². The molecule has 0 aliphatic rings. The molecule has 0 spiro atoms. The van der Waals surface area contributed by atoms with Gasteiger partial charge in [-0.2, -0.15) is 0 Å². The molecular formula is C12H17N3O4. The summed E-state index contributed by atoms with van der Waals surface area (Å²) in [5.41, 5.74) is -0.351. The fourth-order valence-corrected chi connectivity index (χ4v) is 1.23. The van der Waals surface area contributed by atoms with E-state index in [1.165, 1.54) is 7.11 Å². The lowest BCUT2D eigenvalue weighted by atomic mass is 9.94. The fourth-order valence-electron chi connectivity index (χ4n) is 1.23. The summed E-state index contributed by atoms with van der Waals surface area (Å²) in [6, 6.07) is 1.63. The van der Waals surface area contributed by atoms with Crippen LogP contribution in [0.4, 0.5) is 5.82 Å². The molecule has 7 heteroatoms. The van der Waals surface area contributed by atoms with Crippen LogP contribution in [0.2, 0.25) is 0 Å². The first-order valence-corrected chi connectivity index (χ1v) is 5.67. The number of ether oxygens (including phenoxy) is 1. The summed E-state index contributed by atoms with van der Waals surface area (Å²) in [5, 5.41) is 11.9. The molecule has 7 nitrogen and oxygen atoms in total. The Hall–Kier alpha value is -2.18. The number of esters is 1. The molecule has 0 aromatic carbocycles. The number of hydrogen-bond acceptors (Lipinski definition) is 6. The third-order valence-electron chi connectivity index (χ3n) is 2.51. The second-order valence-corrected chi connectivity index (χ2v) is 4.75. The quantitative estimate of drug-likeness (QED) is 0.770. The number of carbonyl (C=O) groups is 2. The zero-order chi connectivity index (χ0) is 14.6. The molecule has 1 heterocycles. The molecule has 0 fully saturated rings. The average molecular weight is 267 g/mol. The number of rotatable bonds is 5. The van der Waals surface area contributed by atoms with Gasteiger partial charge in [-0.25, -0.2) is 14.8 Å². The van der Waals surface area contributed by atoms with Gasteiger partial charge in [-0.3, -0.25) is 4.79 Å². The van der Waals surface area contributed by atoms with Crippen LogP contribution in [0, 0.1) is 12.3 Å². The summed E-state index contributed by atoms with van der Waals surface area (Å²) in [5.74, 6) is -1.22. The van der Waals surface area contributed by atoms with Gasteiger partial charge in [0.1, 0.15) is 5.82 Å². The average Bonchev–Trinajstić information content (AvgIpc) is 2.34. The Morgan fingerprint density at radius 2 is 2.05 bits per heavy atom. The van der Waals surface area contributed by atoms with Crippen LogP contribution in [0.25, 0.3) is 0 Å². The Kier molecular flexibility index (Phi) is 4.42. The molecule has 2 N–H and O–H groups in total. The maximum Gasteiger partial charge on any atom is 0.376 e. The highest BCUT2D eigenvalue weighted by Gasteiger charge is 2.27. The van der Waals surface area contributed by atoms with Crippen LogP contribution in [0.15, 0.2) is 6.07 Å². The topological polar surface area (TPSA) is 101 Å². The van der Waals surface area contributed by atoms with Crippen molar-refractivity contribution in [3.05, 3.63) is 17.6 Å². The van der Waals surface area contributed by atoms with E-state index < -0.39 is 17.4 Å². The van der Waals surface area contributed by atoms with Crippen LogP contribution >= 0.6 is 0 Å². The van der Waals surface area contributed by atoms with Crippen molar-refractivity contribution >= 4 is 17.8 Å². The molecule has 104 valence electrons. The summed E-state index contributed by atoms with van der Waals surface area (Å²) >= 11 is 0. The SMILES string of the molecule is COC(=O)c1nc(C)cc(NCC(C)(C)C(=O)O)n1. The van der Waals surface area contributed by atoms with Crippen molar-refractivity contribution in [3.63, 3.8) is 0 Å². The van der Waals surface area contributed by atoms with E-state index in [4.69, 9.17) is 5.11 Å². The van der Waals surface area contributed by atoms with Gasteiger partial charge in [-0.1, -0.05) is 0 Å². The minimum Gasteiger partial charge on any atom is -0.481 e. The zero-order valence-electron chi connectivity index (χ0n) is 11.4. The summed E-state index contributed by atoms with van der Waals surface area (Å²) < 4.78 is 4.54. The van der Waals surface area contributed by atoms with E-state index in [1.54, 1.807) is 26.8 Å². The number of methoxy groups -OCH3 is 1. The van der Waals surface area contributed by atoms with Gasteiger partial charge in [0.2, 0.25) is 5.82 Å². The fraction of sp³-hybridized carbons (Fsp3) is 0.500. The maximum atomic E-state index is 11.4. The van der Waals surface area contributed by atoms with E-state index in [-0.39, 0.29) is 12.4 Å². The van der Waals surface area contributed by atoms with E-state index in [1.807, 2.05) is 0 Å². The molecule has 0 atom stereocenters. The molecule has 1 aromatic rings. The van der Waals surface area contributed by atoms with Crippen LogP contribution < -0.4 is 5.32 Å². The summed E-state index contributed by atoms with van der Waals surface area (Å²) in [6.07, 6.45) is 0. The van der Waals surface area contributed by atoms with Crippen molar-refractivity contribution in [3.8, 4) is 0 Å². The van der Waals surface area contributed by atoms with Gasteiger partial charge in [0, 0.05) is 18.3 Å². The van der Waals surface area contributed by atoms with E-state index in [9.17, 15) is 9.59 Å². The van der Waals surface area contributed by atoms with E-state index in [0.29, 0.717) is 11.5 Å². The van der Waals surface area contributed by atoms with Crippen molar-refractivity contribution in [2.24, 2.45) is 5.41 Å². The normalized spacial score (nSPS) is 10.9. The molecule has 19 heavy (non-hydrogen) atoms. The maximum absolute atomic E-state index is 11.4. The number of nitrogens with one attached hydrogen (secondary N) is 1. The lowest BCUT2D eigenvalue weighted by molar-refractivity contribution is -0.146. The number of hydrogen-bond donors (Lipinski definition) is 2. The largest absolute Gasteiger partial charge is 0.481 e. The van der Waals surface area contributed by atoms with Gasteiger partial charge >= 0.3 is 11.9 Å². The predicted molar refractivity (Wildman–Crippen MR) is 68.0 cm³/mol. The van der Waals surface area contributed by atoms with E-state index in [0.717, 1.165) is 0 Å². The molecule has 0 saturated heterocycles. The monoisotopic (exact) mass is 267 g/mol. The number of nitrogens with zero attached hydrogens (tertiary/aromatic N) is 2. The Bertz CT molecular complexity index is 500.